The lowest BCUT2D eigenvalue weighted by Gasteiger charge is -2.21. The Kier molecular flexibility index (Phi) is 4.84. The van der Waals surface area contributed by atoms with E-state index in [9.17, 15) is 4.79 Å². The molecule has 0 aromatic carbocycles. The molecule has 2 aromatic heterocycles. The molecule has 1 amide bonds. The molecular weight excluding hydrogens is 300 g/mol. The molecule has 3 rings (SSSR count). The third-order valence-corrected chi connectivity index (χ3v) is 4.60. The van der Waals surface area contributed by atoms with E-state index in [1.54, 1.807) is 18.3 Å². The van der Waals surface area contributed by atoms with Crippen LogP contribution in [0.15, 0.2) is 21.3 Å². The maximum atomic E-state index is 12.1. The summed E-state index contributed by atoms with van der Waals surface area (Å²) in [5, 5.41) is 11.1. The van der Waals surface area contributed by atoms with E-state index in [4.69, 9.17) is 4.52 Å². The van der Waals surface area contributed by atoms with Crippen LogP contribution in [-0.2, 0) is 11.2 Å². The number of nitrogens with zero attached hydrogens (tertiary/aromatic N) is 3. The topological polar surface area (TPSA) is 71.3 Å². The molecule has 0 bridgehead atoms. The molecule has 3 heterocycles. The number of rotatable bonds is 6. The molecule has 7 heteroatoms. The summed E-state index contributed by atoms with van der Waals surface area (Å²) in [6.45, 7) is 3.75. The zero-order chi connectivity index (χ0) is 15.4. The minimum atomic E-state index is 0.0577. The smallest absolute Gasteiger partial charge is 0.234 e. The second-order valence-electron chi connectivity index (χ2n) is 5.53. The lowest BCUT2D eigenvalue weighted by atomic mass is 10.2. The van der Waals surface area contributed by atoms with Crippen LogP contribution in [0.5, 0.6) is 0 Å². The molecule has 118 valence electrons. The van der Waals surface area contributed by atoms with Gasteiger partial charge in [-0.15, -0.1) is 0 Å². The third-order valence-electron chi connectivity index (χ3n) is 3.87. The fourth-order valence-corrected chi connectivity index (χ4v) is 3.48. The summed E-state index contributed by atoms with van der Waals surface area (Å²) < 4.78 is 5.05. The lowest BCUT2D eigenvalue weighted by molar-refractivity contribution is -0.122. The highest BCUT2D eigenvalue weighted by Gasteiger charge is 2.30. The minimum absolute atomic E-state index is 0.0577. The summed E-state index contributed by atoms with van der Waals surface area (Å²) in [6, 6.07) is 2.19. The van der Waals surface area contributed by atoms with Gasteiger partial charge in [-0.1, -0.05) is 5.16 Å². The van der Waals surface area contributed by atoms with E-state index in [-0.39, 0.29) is 11.9 Å². The molecule has 1 fully saturated rings. The first kappa shape index (κ1) is 15.2. The lowest BCUT2D eigenvalue weighted by Crippen LogP contribution is -2.37. The highest BCUT2D eigenvalue weighted by atomic mass is 32.1. The number of amides is 1. The van der Waals surface area contributed by atoms with Crippen molar-refractivity contribution in [2.24, 2.45) is 0 Å². The SMILES string of the molecule is Cc1nc([C@H]2CCCN2CC(=O)NCCc2ccsc2)no1. The molecule has 1 saturated heterocycles. The highest BCUT2D eigenvalue weighted by molar-refractivity contribution is 7.07. The summed E-state index contributed by atoms with van der Waals surface area (Å²) in [5.74, 6) is 1.32. The van der Waals surface area contributed by atoms with Crippen molar-refractivity contribution in [3.8, 4) is 0 Å². The molecule has 0 unspecified atom stereocenters. The number of carbonyl (C=O) groups excluding carboxylic acids is 1. The van der Waals surface area contributed by atoms with Gasteiger partial charge in [0.15, 0.2) is 5.82 Å². The van der Waals surface area contributed by atoms with Gasteiger partial charge < -0.3 is 9.84 Å². The minimum Gasteiger partial charge on any atom is -0.355 e. The van der Waals surface area contributed by atoms with Gasteiger partial charge in [-0.05, 0) is 48.2 Å². The van der Waals surface area contributed by atoms with Gasteiger partial charge in [0.25, 0.3) is 0 Å². The first-order valence-electron chi connectivity index (χ1n) is 7.54. The summed E-state index contributed by atoms with van der Waals surface area (Å²) in [5.41, 5.74) is 1.27. The first-order valence-corrected chi connectivity index (χ1v) is 8.48. The van der Waals surface area contributed by atoms with E-state index in [2.05, 4.69) is 37.2 Å². The fraction of sp³-hybridized carbons (Fsp3) is 0.533. The van der Waals surface area contributed by atoms with Gasteiger partial charge in [-0.2, -0.15) is 16.3 Å². The number of thiophene rings is 1. The van der Waals surface area contributed by atoms with Crippen molar-refractivity contribution in [2.75, 3.05) is 19.6 Å². The average molecular weight is 320 g/mol. The molecule has 0 radical (unpaired) electrons. The molecule has 2 aromatic rings. The summed E-state index contributed by atoms with van der Waals surface area (Å²) in [7, 11) is 0. The van der Waals surface area contributed by atoms with Crippen molar-refractivity contribution in [1.29, 1.82) is 0 Å². The molecule has 1 aliphatic rings. The van der Waals surface area contributed by atoms with Crippen molar-refractivity contribution >= 4 is 17.2 Å². The van der Waals surface area contributed by atoms with Crippen LogP contribution >= 0.6 is 11.3 Å². The van der Waals surface area contributed by atoms with Gasteiger partial charge in [-0.3, -0.25) is 9.69 Å². The number of hydrogen-bond acceptors (Lipinski definition) is 6. The van der Waals surface area contributed by atoms with Crippen LogP contribution in [0.2, 0.25) is 0 Å². The van der Waals surface area contributed by atoms with E-state index >= 15 is 0 Å². The number of carbonyl (C=O) groups is 1. The number of likely N-dealkylation sites (tertiary alicyclic amines) is 1. The Morgan fingerprint density at radius 2 is 2.50 bits per heavy atom. The second-order valence-corrected chi connectivity index (χ2v) is 6.31. The molecule has 0 spiro atoms. The van der Waals surface area contributed by atoms with Crippen molar-refractivity contribution in [1.82, 2.24) is 20.4 Å². The van der Waals surface area contributed by atoms with Crippen molar-refractivity contribution in [3.05, 3.63) is 34.1 Å². The molecule has 1 aliphatic heterocycles. The zero-order valence-corrected chi connectivity index (χ0v) is 13.4. The van der Waals surface area contributed by atoms with Crippen molar-refractivity contribution < 1.29 is 9.32 Å². The van der Waals surface area contributed by atoms with E-state index in [0.717, 1.165) is 25.8 Å². The zero-order valence-electron chi connectivity index (χ0n) is 12.6. The van der Waals surface area contributed by atoms with Gasteiger partial charge in [0, 0.05) is 13.5 Å². The Balaban J connectivity index is 1.47. The van der Waals surface area contributed by atoms with Gasteiger partial charge in [0.1, 0.15) is 0 Å². The summed E-state index contributed by atoms with van der Waals surface area (Å²) in [4.78, 5) is 18.5. The highest BCUT2D eigenvalue weighted by Crippen LogP contribution is 2.29. The number of nitrogens with one attached hydrogen (secondary N) is 1. The molecule has 6 nitrogen and oxygen atoms in total. The summed E-state index contributed by atoms with van der Waals surface area (Å²) >= 11 is 1.68. The van der Waals surface area contributed by atoms with Gasteiger partial charge in [-0.25, -0.2) is 0 Å². The first-order chi connectivity index (χ1) is 10.7. The Morgan fingerprint density at radius 1 is 1.59 bits per heavy atom. The predicted octanol–water partition coefficient (Wildman–Crippen LogP) is 1.94. The van der Waals surface area contributed by atoms with Gasteiger partial charge in [0.05, 0.1) is 12.6 Å². The Morgan fingerprint density at radius 3 is 3.23 bits per heavy atom. The largest absolute Gasteiger partial charge is 0.355 e. The van der Waals surface area contributed by atoms with Crippen molar-refractivity contribution in [2.45, 2.75) is 32.2 Å². The number of aryl methyl sites for hydroxylation is 1. The number of hydrogen-bond donors (Lipinski definition) is 1. The monoisotopic (exact) mass is 320 g/mol. The predicted molar refractivity (Wildman–Crippen MR) is 83.6 cm³/mol. The van der Waals surface area contributed by atoms with Crippen LogP contribution in [0.4, 0.5) is 0 Å². The molecule has 22 heavy (non-hydrogen) atoms. The van der Waals surface area contributed by atoms with Crippen LogP contribution in [0.3, 0.4) is 0 Å². The fourth-order valence-electron chi connectivity index (χ4n) is 2.78. The van der Waals surface area contributed by atoms with Gasteiger partial charge >= 0.3 is 0 Å². The van der Waals surface area contributed by atoms with Gasteiger partial charge in [0.2, 0.25) is 11.8 Å². The number of aromatic nitrogens is 2. The average Bonchev–Trinajstić information content (AvgIpc) is 3.20. The molecule has 1 atom stereocenters. The Hall–Kier alpha value is -1.73. The molecule has 1 N–H and O–H groups in total. The molecular formula is C15H20N4O2S. The molecule has 0 aliphatic carbocycles. The van der Waals surface area contributed by atoms with E-state index in [1.165, 1.54) is 5.56 Å². The third kappa shape index (κ3) is 3.72. The van der Waals surface area contributed by atoms with Crippen LogP contribution < -0.4 is 5.32 Å². The van der Waals surface area contributed by atoms with E-state index < -0.39 is 0 Å². The van der Waals surface area contributed by atoms with Crippen LogP contribution in [-0.4, -0.2) is 40.6 Å². The maximum Gasteiger partial charge on any atom is 0.234 e. The second kappa shape index (κ2) is 7.02. The normalized spacial score (nSPS) is 18.7. The summed E-state index contributed by atoms with van der Waals surface area (Å²) in [6.07, 6.45) is 2.91. The maximum absolute atomic E-state index is 12.1. The Labute approximate surface area is 133 Å². The Bertz CT molecular complexity index is 611. The van der Waals surface area contributed by atoms with E-state index in [0.29, 0.717) is 24.8 Å². The quantitative estimate of drug-likeness (QED) is 0.880. The molecule has 0 saturated carbocycles. The van der Waals surface area contributed by atoms with Crippen LogP contribution in [0.1, 0.15) is 36.2 Å². The van der Waals surface area contributed by atoms with Crippen LogP contribution in [0, 0.1) is 6.92 Å². The standard InChI is InChI=1S/C15H20N4O2S/c1-11-17-15(18-21-11)13-3-2-7-19(13)9-14(20)16-6-4-12-5-8-22-10-12/h5,8,10,13H,2-4,6-7,9H2,1H3,(H,16,20)/t13-/m1/s1. The van der Waals surface area contributed by atoms with Crippen molar-refractivity contribution in [3.63, 3.8) is 0 Å². The van der Waals surface area contributed by atoms with Crippen LogP contribution in [0.25, 0.3) is 0 Å². The van der Waals surface area contributed by atoms with E-state index in [1.807, 2.05) is 0 Å².